The van der Waals surface area contributed by atoms with Crippen LogP contribution in [0.4, 0.5) is 4.39 Å². The molecule has 1 unspecified atom stereocenters. The van der Waals surface area contributed by atoms with E-state index in [0.717, 1.165) is 34.5 Å². The van der Waals surface area contributed by atoms with E-state index in [1.807, 2.05) is 29.9 Å². The number of thiazole rings is 1. The number of rotatable bonds is 7. The Morgan fingerprint density at radius 3 is 2.48 bits per heavy atom. The smallest absolute Gasteiger partial charge is 0.127 e. The van der Waals surface area contributed by atoms with Crippen molar-refractivity contribution in [3.8, 4) is 21.7 Å². The quantitative estimate of drug-likeness (QED) is 0.270. The van der Waals surface area contributed by atoms with Crippen LogP contribution in [0, 0.1) is 5.82 Å². The first-order valence-corrected chi connectivity index (χ1v) is 12.7. The van der Waals surface area contributed by atoms with E-state index in [2.05, 4.69) is 73.7 Å². The molecule has 6 heteroatoms. The molecule has 0 aliphatic rings. The highest BCUT2D eigenvalue weighted by Gasteiger charge is 2.31. The maximum Gasteiger partial charge on any atom is 0.127 e. The minimum absolute atomic E-state index is 0.0383. The van der Waals surface area contributed by atoms with Crippen molar-refractivity contribution in [2.75, 3.05) is 5.75 Å². The Morgan fingerprint density at radius 1 is 1.03 bits per heavy atom. The molecule has 4 aromatic rings. The lowest BCUT2D eigenvalue weighted by molar-refractivity contribution is 0.429. The van der Waals surface area contributed by atoms with Gasteiger partial charge in [0.1, 0.15) is 10.8 Å². The molecule has 2 heterocycles. The van der Waals surface area contributed by atoms with Crippen molar-refractivity contribution in [2.24, 2.45) is 0 Å². The highest BCUT2D eigenvalue weighted by Crippen LogP contribution is 2.39. The van der Waals surface area contributed by atoms with E-state index < -0.39 is 5.41 Å². The molecular formula is C27H30FN3S2. The fourth-order valence-electron chi connectivity index (χ4n) is 4.46. The van der Waals surface area contributed by atoms with Crippen molar-refractivity contribution in [3.63, 3.8) is 0 Å². The first kappa shape index (κ1) is 23.7. The van der Waals surface area contributed by atoms with Gasteiger partial charge in [0.15, 0.2) is 0 Å². The molecule has 0 bridgehead atoms. The second kappa shape index (κ2) is 9.43. The lowest BCUT2D eigenvalue weighted by Crippen LogP contribution is -2.27. The Morgan fingerprint density at radius 2 is 1.85 bits per heavy atom. The number of hydrogen-bond donors (Lipinski definition) is 2. The maximum atomic E-state index is 15.2. The number of nitrogens with zero attached hydrogens (tertiary/aromatic N) is 2. The molecule has 2 aromatic carbocycles. The third-order valence-electron chi connectivity index (χ3n) is 6.26. The Kier molecular flexibility index (Phi) is 6.78. The van der Waals surface area contributed by atoms with E-state index in [-0.39, 0.29) is 11.2 Å². The van der Waals surface area contributed by atoms with Gasteiger partial charge in [0.25, 0.3) is 0 Å². The molecule has 3 nitrogen and oxygen atoms in total. The zero-order valence-corrected chi connectivity index (χ0v) is 21.2. The van der Waals surface area contributed by atoms with E-state index in [9.17, 15) is 0 Å². The van der Waals surface area contributed by atoms with Crippen LogP contribution in [-0.2, 0) is 17.3 Å². The normalized spacial score (nSPS) is 13.8. The predicted molar refractivity (Wildman–Crippen MR) is 140 cm³/mol. The van der Waals surface area contributed by atoms with Crippen molar-refractivity contribution in [1.29, 1.82) is 0 Å². The Bertz CT molecular complexity index is 1210. The van der Waals surface area contributed by atoms with Gasteiger partial charge in [0.2, 0.25) is 0 Å². The minimum Gasteiger partial charge on any atom is -0.285 e. The van der Waals surface area contributed by atoms with E-state index in [0.29, 0.717) is 5.75 Å². The highest BCUT2D eigenvalue weighted by molar-refractivity contribution is 7.80. The van der Waals surface area contributed by atoms with Crippen molar-refractivity contribution >= 4 is 24.0 Å². The second-order valence-electron chi connectivity index (χ2n) is 9.86. The van der Waals surface area contributed by atoms with Crippen molar-refractivity contribution < 1.29 is 4.39 Å². The van der Waals surface area contributed by atoms with Gasteiger partial charge in [-0.3, -0.25) is 5.10 Å². The van der Waals surface area contributed by atoms with Gasteiger partial charge in [-0.15, -0.1) is 11.3 Å². The first-order chi connectivity index (χ1) is 15.7. The number of thiol groups is 1. The van der Waals surface area contributed by atoms with Crippen molar-refractivity contribution in [1.82, 2.24) is 15.2 Å². The molecule has 2 aromatic heterocycles. The van der Waals surface area contributed by atoms with Crippen molar-refractivity contribution in [2.45, 2.75) is 51.4 Å². The number of hydrogen-bond acceptors (Lipinski definition) is 4. The molecule has 0 saturated heterocycles. The molecule has 0 radical (unpaired) electrons. The van der Waals surface area contributed by atoms with Crippen LogP contribution in [0.25, 0.3) is 21.7 Å². The summed E-state index contributed by atoms with van der Waals surface area (Å²) in [7, 11) is 0. The van der Waals surface area contributed by atoms with Gasteiger partial charge >= 0.3 is 0 Å². The fraction of sp³-hybridized carbons (Fsp3) is 0.333. The minimum atomic E-state index is -0.399. The number of halogens is 1. The van der Waals surface area contributed by atoms with Gasteiger partial charge in [-0.1, -0.05) is 52.0 Å². The molecule has 33 heavy (non-hydrogen) atoms. The molecule has 0 aliphatic carbocycles. The molecule has 4 rings (SSSR count). The van der Waals surface area contributed by atoms with Crippen molar-refractivity contribution in [3.05, 3.63) is 82.9 Å². The molecule has 0 fully saturated rings. The number of benzene rings is 2. The third kappa shape index (κ3) is 5.07. The molecule has 1 N–H and O–H groups in total. The van der Waals surface area contributed by atoms with E-state index in [4.69, 9.17) is 0 Å². The largest absolute Gasteiger partial charge is 0.285 e. The van der Waals surface area contributed by atoms with Crippen LogP contribution in [-0.4, -0.2) is 20.9 Å². The van der Waals surface area contributed by atoms with Gasteiger partial charge in [-0.05, 0) is 58.4 Å². The molecule has 1 atom stereocenters. The van der Waals surface area contributed by atoms with Crippen LogP contribution in [0.5, 0.6) is 0 Å². The Labute approximate surface area is 204 Å². The van der Waals surface area contributed by atoms with Crippen LogP contribution < -0.4 is 0 Å². The number of aromatic amines is 1. The fourth-order valence-corrected chi connectivity index (χ4v) is 5.63. The standard InChI is InChI=1S/C27H30FN3S2/c1-26(2,3)22-13-18(5-7-21(22)25-29-10-12-33-25)15-27(4,9-11-32)23-14-19(6-8-24(23)28)20-16-30-31-17-20/h5-8,10,12-14,16-17,32H,9,11,15H2,1-4H3,(H,30,31). The molecular weight excluding hydrogens is 449 g/mol. The summed E-state index contributed by atoms with van der Waals surface area (Å²) < 4.78 is 15.2. The van der Waals surface area contributed by atoms with E-state index in [1.54, 1.807) is 23.6 Å². The average Bonchev–Trinajstić information content (AvgIpc) is 3.48. The van der Waals surface area contributed by atoms with Gasteiger partial charge in [-0.2, -0.15) is 17.7 Å². The van der Waals surface area contributed by atoms with Crippen LogP contribution in [0.2, 0.25) is 0 Å². The number of aromatic nitrogens is 3. The summed E-state index contributed by atoms with van der Waals surface area (Å²) >= 11 is 6.18. The van der Waals surface area contributed by atoms with Crippen LogP contribution in [0.15, 0.2) is 60.4 Å². The van der Waals surface area contributed by atoms with Crippen LogP contribution in [0.1, 0.15) is 50.8 Å². The summed E-state index contributed by atoms with van der Waals surface area (Å²) in [5, 5.41) is 9.93. The van der Waals surface area contributed by atoms with Crippen LogP contribution >= 0.6 is 24.0 Å². The predicted octanol–water partition coefficient (Wildman–Crippen LogP) is 7.46. The summed E-state index contributed by atoms with van der Waals surface area (Å²) in [5.74, 6) is 0.497. The molecule has 172 valence electrons. The molecule has 0 aliphatic heterocycles. The second-order valence-corrected chi connectivity index (χ2v) is 11.2. The van der Waals surface area contributed by atoms with Gasteiger partial charge in [0.05, 0.1) is 6.20 Å². The summed E-state index contributed by atoms with van der Waals surface area (Å²) in [6, 6.07) is 12.0. The lowest BCUT2D eigenvalue weighted by Gasteiger charge is -2.32. The van der Waals surface area contributed by atoms with Crippen LogP contribution in [0.3, 0.4) is 0 Å². The van der Waals surface area contributed by atoms with Gasteiger partial charge in [-0.25, -0.2) is 9.37 Å². The van der Waals surface area contributed by atoms with E-state index in [1.165, 1.54) is 16.7 Å². The van der Waals surface area contributed by atoms with Gasteiger partial charge in [0, 0.05) is 34.3 Å². The summed E-state index contributed by atoms with van der Waals surface area (Å²) in [6.07, 6.45) is 6.93. The summed E-state index contributed by atoms with van der Waals surface area (Å²) in [5.41, 5.74) is 5.81. The topological polar surface area (TPSA) is 41.6 Å². The number of H-pyrrole nitrogens is 1. The molecule has 0 amide bonds. The lowest BCUT2D eigenvalue weighted by atomic mass is 9.73. The average molecular weight is 480 g/mol. The first-order valence-electron chi connectivity index (χ1n) is 11.1. The number of nitrogens with one attached hydrogen (secondary N) is 1. The Hall–Kier alpha value is -2.44. The summed E-state index contributed by atoms with van der Waals surface area (Å²) in [4.78, 5) is 4.54. The molecule has 0 spiro atoms. The maximum absolute atomic E-state index is 15.2. The SMILES string of the molecule is CC(C)(C)c1cc(CC(C)(CCS)c2cc(-c3cn[nH]c3)ccc2F)ccc1-c1nccs1. The molecule has 0 saturated carbocycles. The highest BCUT2D eigenvalue weighted by atomic mass is 32.1. The Balaban J connectivity index is 1.76. The zero-order chi connectivity index (χ0) is 23.6. The van der Waals surface area contributed by atoms with Gasteiger partial charge < -0.3 is 0 Å². The van der Waals surface area contributed by atoms with E-state index >= 15 is 4.39 Å². The summed E-state index contributed by atoms with van der Waals surface area (Å²) in [6.45, 7) is 8.82. The third-order valence-corrected chi connectivity index (χ3v) is 7.29. The zero-order valence-electron chi connectivity index (χ0n) is 19.5. The monoisotopic (exact) mass is 479 g/mol.